The molecule has 0 aliphatic heterocycles. The van der Waals surface area contributed by atoms with Crippen LogP contribution in [0, 0.1) is 5.82 Å². The SMILES string of the molecule is CN(Cc1cc(Br)ccc1F)C(=O)Cn1c(=O)n(C)c2ccccc21. The predicted molar refractivity (Wildman–Crippen MR) is 97.8 cm³/mol. The van der Waals surface area contributed by atoms with E-state index in [1.54, 1.807) is 32.3 Å². The van der Waals surface area contributed by atoms with Gasteiger partial charge in [-0.3, -0.25) is 13.9 Å². The number of halogens is 2. The lowest BCUT2D eigenvalue weighted by atomic mass is 10.2. The Kier molecular flexibility index (Phi) is 4.76. The van der Waals surface area contributed by atoms with Crippen molar-refractivity contribution in [1.82, 2.24) is 14.0 Å². The average Bonchev–Trinajstić information content (AvgIpc) is 2.83. The summed E-state index contributed by atoms with van der Waals surface area (Å²) in [6, 6.07) is 11.9. The zero-order valence-corrected chi connectivity index (χ0v) is 15.5. The van der Waals surface area contributed by atoms with Crippen LogP contribution >= 0.6 is 15.9 Å². The molecule has 0 atom stereocenters. The Hall–Kier alpha value is -2.41. The minimum Gasteiger partial charge on any atom is -0.340 e. The van der Waals surface area contributed by atoms with Crippen molar-refractivity contribution in [2.24, 2.45) is 7.05 Å². The van der Waals surface area contributed by atoms with E-state index in [0.29, 0.717) is 11.1 Å². The smallest absolute Gasteiger partial charge is 0.329 e. The number of hydrogen-bond acceptors (Lipinski definition) is 2. The predicted octanol–water partition coefficient (Wildman–Crippen LogP) is 2.90. The van der Waals surface area contributed by atoms with Crippen LogP contribution in [0.5, 0.6) is 0 Å². The number of nitrogens with zero attached hydrogens (tertiary/aromatic N) is 3. The Balaban J connectivity index is 1.84. The second-order valence-electron chi connectivity index (χ2n) is 5.90. The third kappa shape index (κ3) is 3.37. The van der Waals surface area contributed by atoms with Crippen molar-refractivity contribution in [3.8, 4) is 0 Å². The summed E-state index contributed by atoms with van der Waals surface area (Å²) in [6.07, 6.45) is 0. The van der Waals surface area contributed by atoms with Gasteiger partial charge in [0.15, 0.2) is 0 Å². The molecule has 3 aromatic rings. The molecule has 0 unspecified atom stereocenters. The zero-order chi connectivity index (χ0) is 18.1. The van der Waals surface area contributed by atoms with E-state index in [-0.39, 0.29) is 30.5 Å². The first-order valence-electron chi connectivity index (χ1n) is 7.70. The summed E-state index contributed by atoms with van der Waals surface area (Å²) < 4.78 is 17.6. The Bertz CT molecular complexity index is 1010. The first kappa shape index (κ1) is 17.4. The molecule has 130 valence electrons. The summed E-state index contributed by atoms with van der Waals surface area (Å²) in [5, 5.41) is 0. The van der Waals surface area contributed by atoms with Gasteiger partial charge in [-0.2, -0.15) is 0 Å². The third-order valence-electron chi connectivity index (χ3n) is 4.19. The maximum Gasteiger partial charge on any atom is 0.329 e. The van der Waals surface area contributed by atoms with Crippen LogP contribution in [0.1, 0.15) is 5.56 Å². The van der Waals surface area contributed by atoms with Gasteiger partial charge in [0, 0.05) is 30.7 Å². The lowest BCUT2D eigenvalue weighted by molar-refractivity contribution is -0.131. The van der Waals surface area contributed by atoms with Crippen LogP contribution in [0.15, 0.2) is 51.7 Å². The van der Waals surface area contributed by atoms with Gasteiger partial charge >= 0.3 is 5.69 Å². The molecule has 3 rings (SSSR count). The Morgan fingerprint density at radius 3 is 2.60 bits per heavy atom. The highest BCUT2D eigenvalue weighted by Gasteiger charge is 2.17. The molecule has 0 radical (unpaired) electrons. The van der Waals surface area contributed by atoms with E-state index in [0.717, 1.165) is 9.99 Å². The second kappa shape index (κ2) is 6.84. The maximum absolute atomic E-state index is 13.9. The Labute approximate surface area is 152 Å². The molecule has 0 bridgehead atoms. The number of amides is 1. The fraction of sp³-hybridized carbons (Fsp3) is 0.222. The van der Waals surface area contributed by atoms with Crippen LogP contribution in [0.2, 0.25) is 0 Å². The van der Waals surface area contributed by atoms with Crippen LogP contribution in [0.25, 0.3) is 11.0 Å². The molecule has 1 amide bonds. The number of benzene rings is 2. The second-order valence-corrected chi connectivity index (χ2v) is 6.82. The van der Waals surface area contributed by atoms with Crippen molar-refractivity contribution in [3.05, 3.63) is 68.8 Å². The van der Waals surface area contributed by atoms with Gasteiger partial charge in [-0.15, -0.1) is 0 Å². The van der Waals surface area contributed by atoms with E-state index in [1.807, 2.05) is 18.2 Å². The average molecular weight is 406 g/mol. The minimum absolute atomic E-state index is 0.0910. The van der Waals surface area contributed by atoms with Crippen molar-refractivity contribution in [2.75, 3.05) is 7.05 Å². The lowest BCUT2D eigenvalue weighted by Gasteiger charge is -2.18. The Morgan fingerprint density at radius 2 is 1.88 bits per heavy atom. The number of aromatic nitrogens is 2. The van der Waals surface area contributed by atoms with Crippen molar-refractivity contribution in [3.63, 3.8) is 0 Å². The number of hydrogen-bond donors (Lipinski definition) is 0. The van der Waals surface area contributed by atoms with Gasteiger partial charge in [0.05, 0.1) is 11.0 Å². The molecule has 1 aromatic heterocycles. The molecule has 0 saturated carbocycles. The standard InChI is InChI=1S/C18H17BrFN3O2/c1-21(10-12-9-13(19)7-8-14(12)20)17(24)11-23-16-6-4-3-5-15(16)22(2)18(23)25/h3-9H,10-11H2,1-2H3. The number of carbonyl (C=O) groups is 1. The Morgan fingerprint density at radius 1 is 1.20 bits per heavy atom. The van der Waals surface area contributed by atoms with Gasteiger partial charge in [-0.05, 0) is 30.3 Å². The van der Waals surface area contributed by atoms with Gasteiger partial charge < -0.3 is 4.90 Å². The maximum atomic E-state index is 13.9. The topological polar surface area (TPSA) is 47.2 Å². The van der Waals surface area contributed by atoms with E-state index in [4.69, 9.17) is 0 Å². The molecule has 7 heteroatoms. The molecule has 0 saturated heterocycles. The number of fused-ring (bicyclic) bond motifs is 1. The van der Waals surface area contributed by atoms with Crippen LogP contribution in [-0.4, -0.2) is 27.0 Å². The van der Waals surface area contributed by atoms with Gasteiger partial charge in [0.25, 0.3) is 0 Å². The largest absolute Gasteiger partial charge is 0.340 e. The molecule has 0 fully saturated rings. The summed E-state index contributed by atoms with van der Waals surface area (Å²) in [4.78, 5) is 26.3. The molecule has 2 aromatic carbocycles. The molecular formula is C18H17BrFN3O2. The highest BCUT2D eigenvalue weighted by molar-refractivity contribution is 9.10. The number of para-hydroxylation sites is 2. The molecule has 0 aliphatic carbocycles. The van der Waals surface area contributed by atoms with Gasteiger partial charge in [-0.1, -0.05) is 28.1 Å². The van der Waals surface area contributed by atoms with E-state index >= 15 is 0 Å². The molecule has 25 heavy (non-hydrogen) atoms. The summed E-state index contributed by atoms with van der Waals surface area (Å²) in [5.74, 6) is -0.636. The number of imidazole rings is 1. The molecular weight excluding hydrogens is 389 g/mol. The van der Waals surface area contributed by atoms with Crippen LogP contribution < -0.4 is 5.69 Å². The van der Waals surface area contributed by atoms with Crippen LogP contribution in [-0.2, 0) is 24.9 Å². The monoisotopic (exact) mass is 405 g/mol. The van der Waals surface area contributed by atoms with E-state index in [1.165, 1.54) is 20.1 Å². The summed E-state index contributed by atoms with van der Waals surface area (Å²) in [7, 11) is 3.27. The summed E-state index contributed by atoms with van der Waals surface area (Å²) in [5.41, 5.74) is 1.62. The summed E-state index contributed by atoms with van der Waals surface area (Å²) in [6.45, 7) is 0.0376. The minimum atomic E-state index is -0.370. The van der Waals surface area contributed by atoms with Crippen LogP contribution in [0.3, 0.4) is 0 Å². The number of aryl methyl sites for hydroxylation is 1. The number of likely N-dealkylation sites (N-methyl/N-ethyl adjacent to an activating group) is 1. The molecule has 5 nitrogen and oxygen atoms in total. The summed E-state index contributed by atoms with van der Waals surface area (Å²) >= 11 is 3.30. The van der Waals surface area contributed by atoms with Gasteiger partial charge in [-0.25, -0.2) is 9.18 Å². The van der Waals surface area contributed by atoms with Crippen molar-refractivity contribution < 1.29 is 9.18 Å². The first-order chi connectivity index (χ1) is 11.9. The first-order valence-corrected chi connectivity index (χ1v) is 8.50. The fourth-order valence-electron chi connectivity index (χ4n) is 2.78. The van der Waals surface area contributed by atoms with Crippen molar-refractivity contribution in [2.45, 2.75) is 13.1 Å². The third-order valence-corrected chi connectivity index (χ3v) is 4.68. The molecule has 1 heterocycles. The van der Waals surface area contributed by atoms with E-state index < -0.39 is 0 Å². The molecule has 0 N–H and O–H groups in total. The highest BCUT2D eigenvalue weighted by Crippen LogP contribution is 2.17. The fourth-order valence-corrected chi connectivity index (χ4v) is 3.19. The van der Waals surface area contributed by atoms with E-state index in [2.05, 4.69) is 15.9 Å². The highest BCUT2D eigenvalue weighted by atomic mass is 79.9. The van der Waals surface area contributed by atoms with Crippen molar-refractivity contribution in [1.29, 1.82) is 0 Å². The normalized spacial score (nSPS) is 11.0. The lowest BCUT2D eigenvalue weighted by Crippen LogP contribution is -2.34. The van der Waals surface area contributed by atoms with Crippen molar-refractivity contribution >= 4 is 32.9 Å². The number of carbonyl (C=O) groups excluding carboxylic acids is 1. The van der Waals surface area contributed by atoms with Crippen LogP contribution in [0.4, 0.5) is 4.39 Å². The van der Waals surface area contributed by atoms with Gasteiger partial charge in [0.2, 0.25) is 5.91 Å². The van der Waals surface area contributed by atoms with Gasteiger partial charge in [0.1, 0.15) is 12.4 Å². The zero-order valence-electron chi connectivity index (χ0n) is 13.9. The molecule has 0 aliphatic rings. The quantitative estimate of drug-likeness (QED) is 0.669. The molecule has 0 spiro atoms. The number of rotatable bonds is 4. The van der Waals surface area contributed by atoms with E-state index in [9.17, 15) is 14.0 Å².